The molecule has 8 nitrogen and oxygen atoms in total. The lowest BCUT2D eigenvalue weighted by molar-refractivity contribution is 0.0904. The van der Waals surface area contributed by atoms with E-state index in [9.17, 15) is 8.42 Å². The maximum atomic E-state index is 12.5. The van der Waals surface area contributed by atoms with Crippen molar-refractivity contribution in [3.05, 3.63) is 0 Å². The van der Waals surface area contributed by atoms with Gasteiger partial charge >= 0.3 is 0 Å². The van der Waals surface area contributed by atoms with Gasteiger partial charge in [-0.1, -0.05) is 0 Å². The number of likely N-dealkylation sites (tertiary alicyclic amines) is 1. The van der Waals surface area contributed by atoms with Gasteiger partial charge in [-0.25, -0.2) is 8.42 Å². The van der Waals surface area contributed by atoms with Gasteiger partial charge in [0.05, 0.1) is 18.5 Å². The van der Waals surface area contributed by atoms with Crippen LogP contribution in [0.2, 0.25) is 0 Å². The van der Waals surface area contributed by atoms with Crippen molar-refractivity contribution in [1.82, 2.24) is 19.4 Å². The Labute approximate surface area is 171 Å². The number of hydrogen-bond acceptors (Lipinski definition) is 5. The minimum atomic E-state index is -3.26. The van der Waals surface area contributed by atoms with Crippen molar-refractivity contribution in [2.75, 3.05) is 71.8 Å². The summed E-state index contributed by atoms with van der Waals surface area (Å²) in [6.45, 7) is 12.5. The zero-order valence-electron chi connectivity index (χ0n) is 18.1. The Hall–Kier alpha value is -0.900. The Kier molecular flexibility index (Phi) is 9.46. The van der Waals surface area contributed by atoms with E-state index < -0.39 is 10.0 Å². The summed E-state index contributed by atoms with van der Waals surface area (Å²) < 4.78 is 32.0. The third kappa shape index (κ3) is 7.50. The molecule has 0 radical (unpaired) electrons. The van der Waals surface area contributed by atoms with Crippen molar-refractivity contribution >= 4 is 16.0 Å². The van der Waals surface area contributed by atoms with Gasteiger partial charge < -0.3 is 19.9 Å². The minimum absolute atomic E-state index is 0.0511. The summed E-state index contributed by atoms with van der Waals surface area (Å²) >= 11 is 0. The van der Waals surface area contributed by atoms with Crippen LogP contribution in [0, 0.1) is 5.92 Å². The highest BCUT2D eigenvalue weighted by molar-refractivity contribution is 7.89. The molecule has 1 N–H and O–H groups in total. The summed E-state index contributed by atoms with van der Waals surface area (Å²) in [5, 5.41) is 3.38. The molecule has 2 rings (SSSR count). The third-order valence-corrected chi connectivity index (χ3v) is 7.23. The Morgan fingerprint density at radius 3 is 2.36 bits per heavy atom. The molecule has 2 aliphatic rings. The molecule has 2 fully saturated rings. The van der Waals surface area contributed by atoms with Crippen LogP contribution in [0.4, 0.5) is 0 Å². The quantitative estimate of drug-likeness (QED) is 0.462. The fraction of sp³-hybridized carbons (Fsp3) is 0.947. The molecular weight excluding hydrogens is 378 g/mol. The van der Waals surface area contributed by atoms with Crippen molar-refractivity contribution in [1.29, 1.82) is 0 Å². The number of ether oxygens (including phenoxy) is 1. The predicted octanol–water partition coefficient (Wildman–Crippen LogP) is 0.666. The lowest BCUT2D eigenvalue weighted by atomic mass is 9.97. The molecule has 0 aromatic heterocycles. The monoisotopic (exact) mass is 417 g/mol. The van der Waals surface area contributed by atoms with Crippen LogP contribution in [0.25, 0.3) is 0 Å². The molecule has 0 unspecified atom stereocenters. The van der Waals surface area contributed by atoms with Crippen LogP contribution >= 0.6 is 0 Å². The van der Waals surface area contributed by atoms with E-state index in [1.54, 1.807) is 4.31 Å². The van der Waals surface area contributed by atoms with E-state index in [-0.39, 0.29) is 18.5 Å². The average Bonchev–Trinajstić information content (AvgIpc) is 2.66. The number of nitrogens with zero attached hydrogens (tertiary/aromatic N) is 4. The van der Waals surface area contributed by atoms with Gasteiger partial charge in [0.15, 0.2) is 5.96 Å². The van der Waals surface area contributed by atoms with Crippen LogP contribution in [0.5, 0.6) is 0 Å². The number of nitrogens with one attached hydrogen (secondary N) is 1. The number of piperidine rings is 1. The summed E-state index contributed by atoms with van der Waals surface area (Å²) in [6.07, 6.45) is 2.45. The molecule has 0 spiro atoms. The zero-order valence-corrected chi connectivity index (χ0v) is 18.9. The van der Waals surface area contributed by atoms with Crippen molar-refractivity contribution in [3.8, 4) is 0 Å². The molecule has 28 heavy (non-hydrogen) atoms. The topological polar surface area (TPSA) is 77.5 Å². The maximum Gasteiger partial charge on any atom is 0.216 e. The Bertz CT molecular complexity index is 580. The first kappa shape index (κ1) is 23.4. The first-order valence-corrected chi connectivity index (χ1v) is 12.2. The van der Waals surface area contributed by atoms with Gasteiger partial charge in [0.2, 0.25) is 10.0 Å². The highest BCUT2D eigenvalue weighted by atomic mass is 32.2. The number of sulfonamides is 1. The molecule has 9 heteroatoms. The third-order valence-electron chi connectivity index (χ3n) is 5.40. The molecular formula is C19H39N5O3S. The van der Waals surface area contributed by atoms with Crippen molar-refractivity contribution < 1.29 is 13.2 Å². The maximum absolute atomic E-state index is 12.5. The van der Waals surface area contributed by atoms with Gasteiger partial charge in [-0.15, -0.1) is 0 Å². The van der Waals surface area contributed by atoms with Gasteiger partial charge in [-0.2, -0.15) is 4.31 Å². The number of piperazine rings is 1. The Morgan fingerprint density at radius 2 is 1.79 bits per heavy atom. The summed E-state index contributed by atoms with van der Waals surface area (Å²) in [6, 6.07) is 0. The average molecular weight is 418 g/mol. The number of hydrogen-bond donors (Lipinski definition) is 1. The normalized spacial score (nSPS) is 21.5. The van der Waals surface area contributed by atoms with E-state index in [0.29, 0.717) is 32.1 Å². The van der Waals surface area contributed by atoms with Crippen LogP contribution in [0.3, 0.4) is 0 Å². The molecule has 0 amide bonds. The lowest BCUT2D eigenvalue weighted by Gasteiger charge is -2.36. The minimum Gasteiger partial charge on any atom is -0.378 e. The summed E-state index contributed by atoms with van der Waals surface area (Å²) in [5.74, 6) is 1.62. The largest absolute Gasteiger partial charge is 0.378 e. The number of rotatable bonds is 8. The van der Waals surface area contributed by atoms with Crippen LogP contribution in [0.15, 0.2) is 4.99 Å². The van der Waals surface area contributed by atoms with Gasteiger partial charge in [0, 0.05) is 39.3 Å². The van der Waals surface area contributed by atoms with E-state index in [0.717, 1.165) is 32.1 Å². The second-order valence-corrected chi connectivity index (χ2v) is 10.2. The van der Waals surface area contributed by atoms with E-state index in [2.05, 4.69) is 29.1 Å². The lowest BCUT2D eigenvalue weighted by Crippen LogP contribution is -2.54. The van der Waals surface area contributed by atoms with E-state index >= 15 is 0 Å². The standard InChI is InChI=1S/C19H39N5O3S/c1-5-20-19(21-16-18-6-8-22(4)9-7-18)23-10-12-24(13-11-23)28(25,26)15-14-27-17(2)3/h17-18H,5-16H2,1-4H3,(H,20,21). The molecule has 164 valence electrons. The summed E-state index contributed by atoms with van der Waals surface area (Å²) in [4.78, 5) is 9.43. The first-order valence-electron chi connectivity index (χ1n) is 10.6. The smallest absolute Gasteiger partial charge is 0.216 e. The first-order chi connectivity index (χ1) is 13.3. The van der Waals surface area contributed by atoms with Gasteiger partial charge in [-0.05, 0) is 59.7 Å². The molecule has 2 heterocycles. The van der Waals surface area contributed by atoms with E-state index in [1.807, 2.05) is 13.8 Å². The fourth-order valence-electron chi connectivity index (χ4n) is 3.58. The summed E-state index contributed by atoms with van der Waals surface area (Å²) in [7, 11) is -1.09. The highest BCUT2D eigenvalue weighted by Crippen LogP contribution is 2.16. The SMILES string of the molecule is CCNC(=NCC1CCN(C)CC1)N1CCN(S(=O)(=O)CCOC(C)C)CC1. The Balaban J connectivity index is 1.85. The van der Waals surface area contributed by atoms with Crippen LogP contribution in [0.1, 0.15) is 33.6 Å². The highest BCUT2D eigenvalue weighted by Gasteiger charge is 2.28. The van der Waals surface area contributed by atoms with Crippen LogP contribution in [-0.2, 0) is 14.8 Å². The summed E-state index contributed by atoms with van der Waals surface area (Å²) in [5.41, 5.74) is 0. The number of aliphatic imine (C=N–C) groups is 1. The molecule has 0 aromatic rings. The molecule has 2 aliphatic heterocycles. The molecule has 0 saturated carbocycles. The molecule has 2 saturated heterocycles. The second-order valence-electron chi connectivity index (χ2n) is 8.06. The van der Waals surface area contributed by atoms with E-state index in [4.69, 9.17) is 9.73 Å². The van der Waals surface area contributed by atoms with Gasteiger partial charge in [0.25, 0.3) is 0 Å². The van der Waals surface area contributed by atoms with Crippen molar-refractivity contribution in [3.63, 3.8) is 0 Å². The molecule has 0 bridgehead atoms. The van der Waals surface area contributed by atoms with Crippen molar-refractivity contribution in [2.24, 2.45) is 10.9 Å². The molecule has 0 atom stereocenters. The predicted molar refractivity (Wildman–Crippen MR) is 114 cm³/mol. The molecule has 0 aliphatic carbocycles. The van der Waals surface area contributed by atoms with Gasteiger partial charge in [0.1, 0.15) is 0 Å². The van der Waals surface area contributed by atoms with Crippen LogP contribution < -0.4 is 5.32 Å². The van der Waals surface area contributed by atoms with Gasteiger partial charge in [-0.3, -0.25) is 4.99 Å². The van der Waals surface area contributed by atoms with Crippen LogP contribution in [-0.4, -0.2) is 106 Å². The Morgan fingerprint density at radius 1 is 1.14 bits per heavy atom. The zero-order chi connectivity index (χ0) is 20.6. The molecule has 0 aromatic carbocycles. The second kappa shape index (κ2) is 11.3. The fourth-order valence-corrected chi connectivity index (χ4v) is 4.87. The number of guanidine groups is 1. The van der Waals surface area contributed by atoms with E-state index in [1.165, 1.54) is 12.8 Å². The van der Waals surface area contributed by atoms with Crippen molar-refractivity contribution in [2.45, 2.75) is 39.7 Å².